The Bertz CT molecular complexity index is 198. The van der Waals surface area contributed by atoms with Crippen molar-refractivity contribution in [3.05, 3.63) is 0 Å². The molecule has 0 atom stereocenters. The lowest BCUT2D eigenvalue weighted by Gasteiger charge is -2.26. The maximum Gasteiger partial charge on any atom is 0.0824 e. The zero-order valence-corrected chi connectivity index (χ0v) is 8.86. The number of ether oxygens (including phenoxy) is 1. The third kappa shape index (κ3) is 4.07. The number of hydrogen-bond acceptors (Lipinski definition) is 4. The number of oxime groups is 1. The summed E-state index contributed by atoms with van der Waals surface area (Å²) in [6.07, 6.45) is 3.57. The topological polar surface area (TPSA) is 62.0 Å². The van der Waals surface area contributed by atoms with E-state index in [1.807, 2.05) is 0 Å². The Kier molecular flexibility index (Phi) is 3.89. The van der Waals surface area contributed by atoms with Gasteiger partial charge in [-0.05, 0) is 39.5 Å². The molecule has 1 saturated carbocycles. The molecule has 0 aromatic rings. The van der Waals surface area contributed by atoms with E-state index >= 15 is 0 Å². The van der Waals surface area contributed by atoms with Crippen molar-refractivity contribution in [2.24, 2.45) is 5.16 Å². The molecule has 1 rings (SSSR count). The first-order chi connectivity index (χ1) is 6.51. The van der Waals surface area contributed by atoms with E-state index in [4.69, 9.17) is 9.94 Å². The van der Waals surface area contributed by atoms with Crippen LogP contribution in [0.5, 0.6) is 0 Å². The maximum absolute atomic E-state index is 9.46. The molecular weight excluding hydrogens is 182 g/mol. The second-order valence-electron chi connectivity index (χ2n) is 4.49. The summed E-state index contributed by atoms with van der Waals surface area (Å²) in [5.41, 5.74) is 0.0961. The second-order valence-corrected chi connectivity index (χ2v) is 4.49. The largest absolute Gasteiger partial charge is 0.411 e. The summed E-state index contributed by atoms with van der Waals surface area (Å²) in [7, 11) is 0. The standard InChI is InChI=1S/C10H19NO3/c1-10(2,12)7-14-9-5-3-8(11-13)4-6-9/h9,12-13H,3-7H2,1-2H3. The summed E-state index contributed by atoms with van der Waals surface area (Å²) in [6, 6.07) is 0. The molecule has 0 aliphatic heterocycles. The van der Waals surface area contributed by atoms with Crippen molar-refractivity contribution in [3.63, 3.8) is 0 Å². The molecule has 1 fully saturated rings. The maximum atomic E-state index is 9.46. The molecule has 0 bridgehead atoms. The van der Waals surface area contributed by atoms with Crippen molar-refractivity contribution in [3.8, 4) is 0 Å². The van der Waals surface area contributed by atoms with Gasteiger partial charge in [0.1, 0.15) is 0 Å². The van der Waals surface area contributed by atoms with Crippen LogP contribution in [-0.4, -0.2) is 34.3 Å². The van der Waals surface area contributed by atoms with Crippen LogP contribution in [0.25, 0.3) is 0 Å². The predicted octanol–water partition coefficient (Wildman–Crippen LogP) is 1.55. The fraction of sp³-hybridized carbons (Fsp3) is 0.900. The highest BCUT2D eigenvalue weighted by atomic mass is 16.5. The molecule has 0 aromatic heterocycles. The third-order valence-corrected chi connectivity index (χ3v) is 2.32. The van der Waals surface area contributed by atoms with E-state index in [1.54, 1.807) is 13.8 Å². The van der Waals surface area contributed by atoms with Gasteiger partial charge in [0.25, 0.3) is 0 Å². The molecule has 0 spiro atoms. The molecule has 2 N–H and O–H groups in total. The summed E-state index contributed by atoms with van der Waals surface area (Å²) in [5, 5.41) is 21.2. The lowest BCUT2D eigenvalue weighted by atomic mass is 9.96. The first-order valence-corrected chi connectivity index (χ1v) is 5.05. The van der Waals surface area contributed by atoms with Gasteiger partial charge in [-0.3, -0.25) is 0 Å². The third-order valence-electron chi connectivity index (χ3n) is 2.32. The van der Waals surface area contributed by atoms with Crippen LogP contribution in [0.1, 0.15) is 39.5 Å². The van der Waals surface area contributed by atoms with Gasteiger partial charge in [0, 0.05) is 0 Å². The zero-order chi connectivity index (χ0) is 10.6. The summed E-state index contributed by atoms with van der Waals surface area (Å²) < 4.78 is 5.55. The Labute approximate surface area is 84.6 Å². The highest BCUT2D eigenvalue weighted by Gasteiger charge is 2.21. The number of nitrogens with zero attached hydrogens (tertiary/aromatic N) is 1. The highest BCUT2D eigenvalue weighted by Crippen LogP contribution is 2.20. The van der Waals surface area contributed by atoms with Crippen molar-refractivity contribution in [2.75, 3.05) is 6.61 Å². The second kappa shape index (κ2) is 4.75. The van der Waals surface area contributed by atoms with Gasteiger partial charge in [0.15, 0.2) is 0 Å². The lowest BCUT2D eigenvalue weighted by molar-refractivity contribution is -0.0579. The van der Waals surface area contributed by atoms with Gasteiger partial charge >= 0.3 is 0 Å². The van der Waals surface area contributed by atoms with Crippen LogP contribution in [-0.2, 0) is 4.74 Å². The van der Waals surface area contributed by atoms with E-state index in [1.165, 1.54) is 0 Å². The van der Waals surface area contributed by atoms with Gasteiger partial charge in [0.2, 0.25) is 0 Å². The first kappa shape index (κ1) is 11.5. The Morgan fingerprint density at radius 1 is 1.43 bits per heavy atom. The summed E-state index contributed by atoms with van der Waals surface area (Å²) >= 11 is 0. The van der Waals surface area contributed by atoms with Crippen LogP contribution >= 0.6 is 0 Å². The van der Waals surface area contributed by atoms with Crippen LogP contribution in [0, 0.1) is 0 Å². The van der Waals surface area contributed by atoms with Crippen molar-refractivity contribution in [1.82, 2.24) is 0 Å². The first-order valence-electron chi connectivity index (χ1n) is 5.05. The normalized spacial score (nSPS) is 23.6. The molecule has 1 aliphatic rings. The number of rotatable bonds is 3. The Morgan fingerprint density at radius 3 is 2.43 bits per heavy atom. The molecule has 0 radical (unpaired) electrons. The van der Waals surface area contributed by atoms with Crippen molar-refractivity contribution in [1.29, 1.82) is 0 Å². The quantitative estimate of drug-likeness (QED) is 0.538. The van der Waals surface area contributed by atoms with Crippen LogP contribution in [0.2, 0.25) is 0 Å². The lowest BCUT2D eigenvalue weighted by Crippen LogP contribution is -2.31. The van der Waals surface area contributed by atoms with Gasteiger partial charge in [0.05, 0.1) is 24.0 Å². The van der Waals surface area contributed by atoms with Crippen molar-refractivity contribution in [2.45, 2.75) is 51.2 Å². The number of hydrogen-bond donors (Lipinski definition) is 2. The van der Waals surface area contributed by atoms with E-state index in [0.717, 1.165) is 31.4 Å². The molecule has 1 aliphatic carbocycles. The van der Waals surface area contributed by atoms with E-state index in [9.17, 15) is 5.11 Å². The SMILES string of the molecule is CC(C)(O)COC1CCC(=NO)CC1. The van der Waals surface area contributed by atoms with Crippen LogP contribution in [0.4, 0.5) is 0 Å². The Morgan fingerprint density at radius 2 is 2.00 bits per heavy atom. The summed E-state index contributed by atoms with van der Waals surface area (Å²) in [6.45, 7) is 3.83. The highest BCUT2D eigenvalue weighted by molar-refractivity contribution is 5.84. The molecule has 0 aromatic carbocycles. The van der Waals surface area contributed by atoms with Gasteiger partial charge in [-0.25, -0.2) is 0 Å². The fourth-order valence-corrected chi connectivity index (χ4v) is 1.51. The van der Waals surface area contributed by atoms with Crippen LogP contribution in [0.15, 0.2) is 5.16 Å². The summed E-state index contributed by atoms with van der Waals surface area (Å²) in [5.74, 6) is 0. The summed E-state index contributed by atoms with van der Waals surface area (Å²) in [4.78, 5) is 0. The van der Waals surface area contributed by atoms with Gasteiger partial charge in [-0.1, -0.05) is 5.16 Å². The molecule has 0 heterocycles. The minimum atomic E-state index is -0.759. The fourth-order valence-electron chi connectivity index (χ4n) is 1.51. The minimum Gasteiger partial charge on any atom is -0.411 e. The van der Waals surface area contributed by atoms with Crippen molar-refractivity contribution >= 4 is 5.71 Å². The molecule has 14 heavy (non-hydrogen) atoms. The van der Waals surface area contributed by atoms with Gasteiger partial charge in [-0.15, -0.1) is 0 Å². The smallest absolute Gasteiger partial charge is 0.0824 e. The molecule has 4 nitrogen and oxygen atoms in total. The Hall–Kier alpha value is -0.610. The molecule has 0 unspecified atom stereocenters. The van der Waals surface area contributed by atoms with E-state index in [-0.39, 0.29) is 6.10 Å². The van der Waals surface area contributed by atoms with E-state index < -0.39 is 5.60 Å². The monoisotopic (exact) mass is 201 g/mol. The minimum absolute atomic E-state index is 0.201. The average molecular weight is 201 g/mol. The van der Waals surface area contributed by atoms with E-state index in [2.05, 4.69) is 5.16 Å². The van der Waals surface area contributed by atoms with Gasteiger partial charge < -0.3 is 15.1 Å². The number of aliphatic hydroxyl groups is 1. The predicted molar refractivity (Wildman–Crippen MR) is 53.7 cm³/mol. The van der Waals surface area contributed by atoms with Crippen LogP contribution < -0.4 is 0 Å². The van der Waals surface area contributed by atoms with E-state index in [0.29, 0.717) is 6.61 Å². The molecule has 4 heteroatoms. The zero-order valence-electron chi connectivity index (χ0n) is 8.86. The van der Waals surface area contributed by atoms with Crippen LogP contribution in [0.3, 0.4) is 0 Å². The molecule has 0 amide bonds. The molecule has 0 saturated heterocycles. The average Bonchev–Trinajstić information content (AvgIpc) is 2.14. The van der Waals surface area contributed by atoms with Crippen molar-refractivity contribution < 1.29 is 15.1 Å². The molecule has 82 valence electrons. The Balaban J connectivity index is 2.23. The molecular formula is C10H19NO3. The van der Waals surface area contributed by atoms with Gasteiger partial charge in [-0.2, -0.15) is 0 Å².